The maximum atomic E-state index is 12.9. The molecule has 0 bridgehead atoms. The van der Waals surface area contributed by atoms with Crippen LogP contribution >= 0.6 is 22.6 Å². The summed E-state index contributed by atoms with van der Waals surface area (Å²) in [6.07, 6.45) is 3.13. The Balaban J connectivity index is 2.05. The molecule has 0 N–H and O–H groups in total. The van der Waals surface area contributed by atoms with Crippen LogP contribution in [0.25, 0.3) is 10.9 Å². The van der Waals surface area contributed by atoms with E-state index in [1.54, 1.807) is 0 Å². The number of hydrogen-bond donors (Lipinski definition) is 0. The molecule has 0 fully saturated rings. The van der Waals surface area contributed by atoms with E-state index in [1.165, 1.54) is 0 Å². The monoisotopic (exact) mass is 417 g/mol. The van der Waals surface area contributed by atoms with Gasteiger partial charge in [-0.15, -0.1) is 0 Å². The van der Waals surface area contributed by atoms with Gasteiger partial charge in [0.05, 0.1) is 0 Å². The van der Waals surface area contributed by atoms with E-state index in [0.717, 1.165) is 38.6 Å². The molecule has 0 spiro atoms. The normalized spacial score (nSPS) is 11.3. The van der Waals surface area contributed by atoms with E-state index < -0.39 is 0 Å². The number of carbonyl (C=O) groups excluding carboxylic acids is 1. The summed E-state index contributed by atoms with van der Waals surface area (Å²) in [5, 5.41) is 1.04. The fourth-order valence-corrected chi connectivity index (χ4v) is 3.34. The first kappa shape index (κ1) is 16.2. The van der Waals surface area contributed by atoms with E-state index in [4.69, 9.17) is 0 Å². The molecule has 3 aromatic rings. The Bertz CT molecular complexity index is 848. The number of nitrogens with zero attached hydrogens (tertiary/aromatic N) is 1. The Kier molecular flexibility index (Phi) is 4.85. The summed E-state index contributed by atoms with van der Waals surface area (Å²) in [7, 11) is 0. The Labute approximate surface area is 150 Å². The summed E-state index contributed by atoms with van der Waals surface area (Å²) >= 11 is 2.24. The highest BCUT2D eigenvalue weighted by Crippen LogP contribution is 2.25. The molecule has 0 saturated carbocycles. The number of aryl methyl sites for hydroxylation is 1. The van der Waals surface area contributed by atoms with Crippen molar-refractivity contribution in [3.05, 3.63) is 69.4 Å². The van der Waals surface area contributed by atoms with Crippen LogP contribution in [0, 0.1) is 9.49 Å². The number of aromatic nitrogens is 1. The lowest BCUT2D eigenvalue weighted by Gasteiger charge is -2.07. The number of halogens is 1. The van der Waals surface area contributed by atoms with Gasteiger partial charge in [0.25, 0.3) is 0 Å². The number of ketones is 1. The second-order valence-electron chi connectivity index (χ2n) is 6.28. The zero-order valence-electron chi connectivity index (χ0n) is 13.4. The van der Waals surface area contributed by atoms with Crippen molar-refractivity contribution in [1.82, 2.24) is 4.57 Å². The van der Waals surface area contributed by atoms with E-state index in [9.17, 15) is 4.79 Å². The zero-order valence-corrected chi connectivity index (χ0v) is 15.6. The van der Waals surface area contributed by atoms with Crippen molar-refractivity contribution in [3.8, 4) is 0 Å². The SMILES string of the molecule is CC(C)CCn1cc(C(=O)c2cccc(I)c2)c2ccccc21. The van der Waals surface area contributed by atoms with Crippen molar-refractivity contribution < 1.29 is 4.79 Å². The molecule has 23 heavy (non-hydrogen) atoms. The third-order valence-electron chi connectivity index (χ3n) is 4.07. The Morgan fingerprint density at radius 1 is 1.13 bits per heavy atom. The van der Waals surface area contributed by atoms with E-state index in [1.807, 2.05) is 48.7 Å². The van der Waals surface area contributed by atoms with Crippen LogP contribution in [0.15, 0.2) is 54.7 Å². The maximum absolute atomic E-state index is 12.9. The van der Waals surface area contributed by atoms with Crippen molar-refractivity contribution in [2.45, 2.75) is 26.8 Å². The number of fused-ring (bicyclic) bond motifs is 1. The van der Waals surface area contributed by atoms with Crippen LogP contribution in [0.5, 0.6) is 0 Å². The second-order valence-corrected chi connectivity index (χ2v) is 7.52. The van der Waals surface area contributed by atoms with Crippen molar-refractivity contribution in [1.29, 1.82) is 0 Å². The van der Waals surface area contributed by atoms with Gasteiger partial charge >= 0.3 is 0 Å². The highest BCUT2D eigenvalue weighted by atomic mass is 127. The van der Waals surface area contributed by atoms with Crippen LogP contribution in [0.1, 0.15) is 36.2 Å². The molecule has 0 atom stereocenters. The standard InChI is InChI=1S/C20H20INO/c1-14(2)10-11-22-13-18(17-8-3-4-9-19(17)22)20(23)15-6-5-7-16(21)12-15/h3-9,12-14H,10-11H2,1-2H3. The number of hydrogen-bond acceptors (Lipinski definition) is 1. The van der Waals surface area contributed by atoms with Crippen LogP contribution < -0.4 is 0 Å². The van der Waals surface area contributed by atoms with Gasteiger partial charge in [0, 0.05) is 38.3 Å². The molecule has 0 radical (unpaired) electrons. The second kappa shape index (κ2) is 6.87. The highest BCUT2D eigenvalue weighted by molar-refractivity contribution is 14.1. The fraction of sp³-hybridized carbons (Fsp3) is 0.250. The minimum absolute atomic E-state index is 0.100. The van der Waals surface area contributed by atoms with Crippen molar-refractivity contribution >= 4 is 39.3 Å². The van der Waals surface area contributed by atoms with Crippen molar-refractivity contribution in [2.75, 3.05) is 0 Å². The first-order valence-corrected chi connectivity index (χ1v) is 9.02. The molecule has 0 saturated heterocycles. The van der Waals surface area contributed by atoms with Crippen molar-refractivity contribution in [2.24, 2.45) is 5.92 Å². The lowest BCUT2D eigenvalue weighted by molar-refractivity contribution is 0.104. The first-order chi connectivity index (χ1) is 11.1. The van der Waals surface area contributed by atoms with Gasteiger partial charge in [0.1, 0.15) is 0 Å². The molecule has 0 unspecified atom stereocenters. The molecule has 118 valence electrons. The van der Waals surface area contributed by atoms with Gasteiger partial charge in [0.2, 0.25) is 0 Å². The predicted octanol–water partition coefficient (Wildman–Crippen LogP) is 5.52. The molecule has 3 heteroatoms. The summed E-state index contributed by atoms with van der Waals surface area (Å²) < 4.78 is 3.30. The Hall–Kier alpha value is -1.62. The Morgan fingerprint density at radius 3 is 2.65 bits per heavy atom. The average Bonchev–Trinajstić information content (AvgIpc) is 2.91. The molecular formula is C20H20INO. The topological polar surface area (TPSA) is 22.0 Å². The van der Waals surface area contributed by atoms with E-state index >= 15 is 0 Å². The van der Waals surface area contributed by atoms with Crippen molar-refractivity contribution in [3.63, 3.8) is 0 Å². The zero-order chi connectivity index (χ0) is 16.4. The van der Waals surface area contributed by atoms with Gasteiger partial charge < -0.3 is 4.57 Å². The largest absolute Gasteiger partial charge is 0.347 e. The number of benzene rings is 2. The van der Waals surface area contributed by atoms with E-state index in [-0.39, 0.29) is 5.78 Å². The minimum atomic E-state index is 0.100. The van der Waals surface area contributed by atoms with E-state index in [2.05, 4.69) is 47.1 Å². The number of para-hydroxylation sites is 1. The van der Waals surface area contributed by atoms with Crippen LogP contribution in [0.2, 0.25) is 0 Å². The quantitative estimate of drug-likeness (QED) is 0.396. The van der Waals surface area contributed by atoms with E-state index in [0.29, 0.717) is 5.92 Å². The molecule has 3 rings (SSSR count). The average molecular weight is 417 g/mol. The lowest BCUT2D eigenvalue weighted by atomic mass is 10.0. The first-order valence-electron chi connectivity index (χ1n) is 7.94. The molecule has 0 aliphatic rings. The number of carbonyl (C=O) groups is 1. The fourth-order valence-electron chi connectivity index (χ4n) is 2.80. The summed E-state index contributed by atoms with van der Waals surface area (Å²) in [6, 6.07) is 16.0. The molecule has 1 aromatic heterocycles. The molecule has 2 nitrogen and oxygen atoms in total. The molecule has 0 aliphatic carbocycles. The van der Waals surface area contributed by atoms with Crippen LogP contribution in [-0.2, 0) is 6.54 Å². The summed E-state index contributed by atoms with van der Waals surface area (Å²) in [4.78, 5) is 12.9. The molecule has 0 aliphatic heterocycles. The lowest BCUT2D eigenvalue weighted by Crippen LogP contribution is -2.02. The third kappa shape index (κ3) is 3.50. The molecule has 0 amide bonds. The molecule has 1 heterocycles. The number of rotatable bonds is 5. The third-order valence-corrected chi connectivity index (χ3v) is 4.74. The van der Waals surface area contributed by atoms with Gasteiger partial charge in [-0.2, -0.15) is 0 Å². The smallest absolute Gasteiger partial charge is 0.195 e. The molecule has 2 aromatic carbocycles. The van der Waals surface area contributed by atoms with Gasteiger partial charge in [-0.1, -0.05) is 44.2 Å². The van der Waals surface area contributed by atoms with Gasteiger partial charge in [0.15, 0.2) is 5.78 Å². The van der Waals surface area contributed by atoms with Crippen LogP contribution in [0.4, 0.5) is 0 Å². The molecular weight excluding hydrogens is 397 g/mol. The summed E-state index contributed by atoms with van der Waals surface area (Å²) in [5.41, 5.74) is 2.69. The summed E-state index contributed by atoms with van der Waals surface area (Å²) in [5.74, 6) is 0.744. The summed E-state index contributed by atoms with van der Waals surface area (Å²) in [6.45, 7) is 5.39. The Morgan fingerprint density at radius 2 is 1.91 bits per heavy atom. The predicted molar refractivity (Wildman–Crippen MR) is 104 cm³/mol. The minimum Gasteiger partial charge on any atom is -0.347 e. The van der Waals surface area contributed by atoms with Crippen LogP contribution in [0.3, 0.4) is 0 Å². The van der Waals surface area contributed by atoms with Gasteiger partial charge in [-0.05, 0) is 53.1 Å². The maximum Gasteiger partial charge on any atom is 0.195 e. The van der Waals surface area contributed by atoms with Gasteiger partial charge in [-0.25, -0.2) is 0 Å². The van der Waals surface area contributed by atoms with Gasteiger partial charge in [-0.3, -0.25) is 4.79 Å². The highest BCUT2D eigenvalue weighted by Gasteiger charge is 2.16. The van der Waals surface area contributed by atoms with Crippen LogP contribution in [-0.4, -0.2) is 10.4 Å².